The van der Waals surface area contributed by atoms with E-state index in [1.54, 1.807) is 0 Å². The normalized spacial score (nSPS) is 11.9. The molecule has 0 spiro atoms. The third-order valence-electron chi connectivity index (χ3n) is 3.67. The van der Waals surface area contributed by atoms with Gasteiger partial charge in [0.15, 0.2) is 0 Å². The fourth-order valence-corrected chi connectivity index (χ4v) is 2.72. The van der Waals surface area contributed by atoms with Crippen LogP contribution >= 0.6 is 23.2 Å². The monoisotopic (exact) mass is 404 g/mol. The smallest absolute Gasteiger partial charge is 0.280 e. The predicted molar refractivity (Wildman–Crippen MR) is 89.6 cm³/mol. The minimum absolute atomic E-state index is 0.117. The van der Waals surface area contributed by atoms with Crippen LogP contribution in [-0.4, -0.2) is 19.1 Å². The molecule has 3 heterocycles. The van der Waals surface area contributed by atoms with Gasteiger partial charge in [-0.05, 0) is 24.3 Å². The highest BCUT2D eigenvalue weighted by Gasteiger charge is 2.33. The second-order valence-electron chi connectivity index (χ2n) is 5.36. The molecule has 0 atom stereocenters. The van der Waals surface area contributed by atoms with Crippen molar-refractivity contribution >= 4 is 34.2 Å². The number of fused-ring (bicyclic) bond motifs is 1. The summed E-state index contributed by atoms with van der Waals surface area (Å²) in [5.41, 5.74) is -3.04. The molecule has 0 bridgehead atoms. The van der Waals surface area contributed by atoms with Gasteiger partial charge in [0.05, 0.1) is 22.6 Å². The van der Waals surface area contributed by atoms with Crippen molar-refractivity contribution in [2.45, 2.75) is 12.7 Å². The van der Waals surface area contributed by atoms with Gasteiger partial charge < -0.3 is 0 Å². The van der Waals surface area contributed by atoms with Gasteiger partial charge in [-0.25, -0.2) is 14.8 Å². The van der Waals surface area contributed by atoms with E-state index in [1.165, 1.54) is 19.2 Å². The highest BCUT2D eigenvalue weighted by molar-refractivity contribution is 6.32. The summed E-state index contributed by atoms with van der Waals surface area (Å²) in [6, 6.07) is 4.57. The Morgan fingerprint density at radius 3 is 2.42 bits per heavy atom. The summed E-state index contributed by atoms with van der Waals surface area (Å²) in [5.74, 6) is 0. The van der Waals surface area contributed by atoms with Crippen molar-refractivity contribution in [3.05, 3.63) is 66.7 Å². The van der Waals surface area contributed by atoms with Crippen LogP contribution in [0.4, 0.5) is 13.2 Å². The first-order valence-electron chi connectivity index (χ1n) is 7.08. The van der Waals surface area contributed by atoms with Crippen LogP contribution < -0.4 is 11.2 Å². The van der Waals surface area contributed by atoms with Gasteiger partial charge in [-0.2, -0.15) is 13.2 Å². The Hall–Kier alpha value is -2.39. The number of aromatic nitrogens is 4. The number of aryl methyl sites for hydroxylation is 1. The van der Waals surface area contributed by atoms with Gasteiger partial charge in [0.1, 0.15) is 16.5 Å². The van der Waals surface area contributed by atoms with Crippen LogP contribution in [0.25, 0.3) is 11.0 Å². The fraction of sp³-hybridized carbons (Fsp3) is 0.200. The Kier molecular flexibility index (Phi) is 4.53. The first-order valence-corrected chi connectivity index (χ1v) is 7.84. The van der Waals surface area contributed by atoms with Crippen molar-refractivity contribution in [1.29, 1.82) is 0 Å². The van der Waals surface area contributed by atoms with Crippen molar-refractivity contribution in [1.82, 2.24) is 19.1 Å². The van der Waals surface area contributed by atoms with Crippen LogP contribution in [0, 0.1) is 0 Å². The fourth-order valence-electron chi connectivity index (χ4n) is 2.39. The molecule has 3 rings (SSSR count). The standard InChI is InChI=1S/C15H9Cl2F3N4O2/c1-23-12-7(2-4-10(22-12)15(18,19)20)13(25)24(14(23)26)6-9-8(16)3-5-11(17)21-9/h2-5H,6H2,1H3. The second kappa shape index (κ2) is 6.40. The molecule has 0 aliphatic rings. The molecule has 136 valence electrons. The van der Waals surface area contributed by atoms with Gasteiger partial charge >= 0.3 is 11.9 Å². The topological polar surface area (TPSA) is 69.8 Å². The lowest BCUT2D eigenvalue weighted by molar-refractivity contribution is -0.141. The van der Waals surface area contributed by atoms with Crippen molar-refractivity contribution in [3.63, 3.8) is 0 Å². The third kappa shape index (κ3) is 3.19. The number of hydrogen-bond acceptors (Lipinski definition) is 4. The molecule has 0 saturated carbocycles. The van der Waals surface area contributed by atoms with E-state index in [1.807, 2.05) is 0 Å². The van der Waals surface area contributed by atoms with Crippen molar-refractivity contribution in [2.75, 3.05) is 0 Å². The van der Waals surface area contributed by atoms with E-state index in [2.05, 4.69) is 9.97 Å². The number of alkyl halides is 3. The van der Waals surface area contributed by atoms with Crippen LogP contribution in [0.3, 0.4) is 0 Å². The molecule has 11 heteroatoms. The minimum Gasteiger partial charge on any atom is -0.280 e. The predicted octanol–water partition coefficient (Wildman–Crippen LogP) is 2.86. The highest BCUT2D eigenvalue weighted by Crippen LogP contribution is 2.28. The SMILES string of the molecule is Cn1c(=O)n(Cc2nc(Cl)ccc2Cl)c(=O)c2ccc(C(F)(F)F)nc21. The van der Waals surface area contributed by atoms with Gasteiger partial charge in [0.2, 0.25) is 0 Å². The number of rotatable bonds is 2. The Labute approximate surface area is 153 Å². The number of hydrogen-bond donors (Lipinski definition) is 0. The summed E-state index contributed by atoms with van der Waals surface area (Å²) in [4.78, 5) is 32.4. The number of halogens is 5. The average Bonchev–Trinajstić information content (AvgIpc) is 2.58. The van der Waals surface area contributed by atoms with Crippen LogP contribution in [0.15, 0.2) is 33.9 Å². The maximum Gasteiger partial charge on any atom is 0.433 e. The van der Waals surface area contributed by atoms with E-state index in [4.69, 9.17) is 23.2 Å². The molecule has 6 nitrogen and oxygen atoms in total. The molecule has 3 aromatic rings. The van der Waals surface area contributed by atoms with Crippen molar-refractivity contribution < 1.29 is 13.2 Å². The summed E-state index contributed by atoms with van der Waals surface area (Å²) >= 11 is 11.8. The molecule has 0 aromatic carbocycles. The number of pyridine rings is 2. The van der Waals surface area contributed by atoms with Gasteiger partial charge in [-0.15, -0.1) is 0 Å². The van der Waals surface area contributed by atoms with E-state index < -0.39 is 23.1 Å². The van der Waals surface area contributed by atoms with E-state index in [9.17, 15) is 22.8 Å². The molecule has 0 saturated heterocycles. The summed E-state index contributed by atoms with van der Waals surface area (Å²) in [7, 11) is 1.22. The van der Waals surface area contributed by atoms with Gasteiger partial charge in [0.25, 0.3) is 5.56 Å². The zero-order valence-electron chi connectivity index (χ0n) is 13.0. The maximum atomic E-state index is 12.8. The Bertz CT molecular complexity index is 1140. The molecule has 0 N–H and O–H groups in total. The van der Waals surface area contributed by atoms with Crippen LogP contribution in [0.1, 0.15) is 11.4 Å². The van der Waals surface area contributed by atoms with Gasteiger partial charge in [-0.1, -0.05) is 23.2 Å². The molecule has 26 heavy (non-hydrogen) atoms. The quantitative estimate of drug-likeness (QED) is 0.615. The second-order valence-corrected chi connectivity index (χ2v) is 6.16. The number of nitrogens with zero attached hydrogens (tertiary/aromatic N) is 4. The first-order chi connectivity index (χ1) is 12.1. The highest BCUT2D eigenvalue weighted by atomic mass is 35.5. The van der Waals surface area contributed by atoms with E-state index in [0.29, 0.717) is 6.07 Å². The summed E-state index contributed by atoms with van der Waals surface area (Å²) in [6.45, 7) is -0.290. The zero-order chi connectivity index (χ0) is 19.2. The van der Waals surface area contributed by atoms with E-state index >= 15 is 0 Å². The molecule has 0 radical (unpaired) electrons. The van der Waals surface area contributed by atoms with E-state index in [-0.39, 0.29) is 33.4 Å². The maximum absolute atomic E-state index is 12.8. The van der Waals surface area contributed by atoms with Gasteiger partial charge in [-0.3, -0.25) is 13.9 Å². The van der Waals surface area contributed by atoms with Crippen LogP contribution in [0.2, 0.25) is 10.2 Å². The largest absolute Gasteiger partial charge is 0.433 e. The average molecular weight is 405 g/mol. The van der Waals surface area contributed by atoms with E-state index in [0.717, 1.165) is 15.2 Å². The Morgan fingerprint density at radius 2 is 1.77 bits per heavy atom. The molecule has 0 aliphatic heterocycles. The lowest BCUT2D eigenvalue weighted by Crippen LogP contribution is -2.40. The van der Waals surface area contributed by atoms with Crippen molar-refractivity contribution in [2.24, 2.45) is 7.05 Å². The summed E-state index contributed by atoms with van der Waals surface area (Å²) in [5, 5.41) is 0.166. The molecule has 3 aromatic heterocycles. The van der Waals surface area contributed by atoms with Crippen molar-refractivity contribution in [3.8, 4) is 0 Å². The minimum atomic E-state index is -4.70. The van der Waals surface area contributed by atoms with Crippen LogP contribution in [0.5, 0.6) is 0 Å². The molecule has 0 fully saturated rings. The zero-order valence-corrected chi connectivity index (χ0v) is 14.5. The molecule has 0 aliphatic carbocycles. The first kappa shape index (κ1) is 18.4. The third-order valence-corrected chi connectivity index (χ3v) is 4.22. The summed E-state index contributed by atoms with van der Waals surface area (Å²) < 4.78 is 40.2. The molecule has 0 unspecified atom stereocenters. The lowest BCUT2D eigenvalue weighted by atomic mass is 10.2. The Morgan fingerprint density at radius 1 is 1.08 bits per heavy atom. The lowest BCUT2D eigenvalue weighted by Gasteiger charge is -2.12. The molecular weight excluding hydrogens is 396 g/mol. The molecule has 0 amide bonds. The Balaban J connectivity index is 2.24. The molecular formula is C15H9Cl2F3N4O2. The summed E-state index contributed by atoms with van der Waals surface area (Å²) in [6.07, 6.45) is -4.70. The van der Waals surface area contributed by atoms with Crippen LogP contribution in [-0.2, 0) is 19.8 Å². The van der Waals surface area contributed by atoms with Gasteiger partial charge in [0, 0.05) is 7.05 Å².